The molecule has 0 fully saturated rings. The van der Waals surface area contributed by atoms with Crippen molar-refractivity contribution in [3.8, 4) is 0 Å². The van der Waals surface area contributed by atoms with Crippen molar-refractivity contribution in [2.75, 3.05) is 10.6 Å². The maximum absolute atomic E-state index is 11.4. The SMILES string of the molecule is O=C(N=NC(=O)Nc1cccnc1)Nc1cccnc1. The summed E-state index contributed by atoms with van der Waals surface area (Å²) in [6.07, 6.45) is 6.03. The molecule has 2 aromatic rings. The van der Waals surface area contributed by atoms with E-state index in [1.807, 2.05) is 0 Å². The third-order valence-corrected chi connectivity index (χ3v) is 2.06. The van der Waals surface area contributed by atoms with E-state index < -0.39 is 12.1 Å². The van der Waals surface area contributed by atoms with E-state index in [0.717, 1.165) is 0 Å². The third-order valence-electron chi connectivity index (χ3n) is 2.06. The zero-order valence-electron chi connectivity index (χ0n) is 10.2. The molecule has 0 saturated carbocycles. The average Bonchev–Trinajstić information content (AvgIpc) is 2.47. The van der Waals surface area contributed by atoms with Crippen LogP contribution in [0.1, 0.15) is 0 Å². The van der Waals surface area contributed by atoms with Crippen LogP contribution in [0.4, 0.5) is 21.0 Å². The summed E-state index contributed by atoms with van der Waals surface area (Å²) in [6, 6.07) is 5.05. The molecule has 2 aromatic heterocycles. The molecule has 0 aliphatic carbocycles. The Balaban J connectivity index is 1.86. The normalized spacial score (nSPS) is 10.2. The van der Waals surface area contributed by atoms with Crippen LogP contribution in [0.5, 0.6) is 0 Å². The third kappa shape index (κ3) is 4.26. The summed E-state index contributed by atoms with van der Waals surface area (Å²) < 4.78 is 0. The first-order valence-corrected chi connectivity index (χ1v) is 5.58. The minimum atomic E-state index is -0.765. The van der Waals surface area contributed by atoms with Crippen LogP contribution in [0.15, 0.2) is 59.3 Å². The number of anilines is 2. The smallest absolute Gasteiger partial charge is 0.303 e. The van der Waals surface area contributed by atoms with E-state index in [4.69, 9.17) is 0 Å². The first-order valence-electron chi connectivity index (χ1n) is 5.58. The molecule has 2 rings (SSSR count). The molecular formula is C12H10N6O2. The molecule has 8 heteroatoms. The summed E-state index contributed by atoms with van der Waals surface area (Å²) >= 11 is 0. The molecule has 0 atom stereocenters. The number of azo groups is 1. The van der Waals surface area contributed by atoms with Crippen LogP contribution in [0.25, 0.3) is 0 Å². The Kier molecular flexibility index (Phi) is 4.44. The quantitative estimate of drug-likeness (QED) is 0.817. The first kappa shape index (κ1) is 13.3. The molecule has 0 saturated heterocycles. The molecule has 0 bridgehead atoms. The fourth-order valence-corrected chi connectivity index (χ4v) is 1.26. The van der Waals surface area contributed by atoms with Gasteiger partial charge in [-0.05, 0) is 24.3 Å². The van der Waals surface area contributed by atoms with Crippen molar-refractivity contribution in [2.24, 2.45) is 10.2 Å². The van der Waals surface area contributed by atoms with Crippen molar-refractivity contribution in [2.45, 2.75) is 0 Å². The minimum absolute atomic E-state index is 0.462. The van der Waals surface area contributed by atoms with Gasteiger partial charge in [-0.2, -0.15) is 0 Å². The van der Waals surface area contributed by atoms with Crippen LogP contribution in [0.2, 0.25) is 0 Å². The molecule has 8 nitrogen and oxygen atoms in total. The number of urea groups is 2. The van der Waals surface area contributed by atoms with Crippen LogP contribution in [-0.2, 0) is 0 Å². The Labute approximate surface area is 114 Å². The molecule has 2 N–H and O–H groups in total. The monoisotopic (exact) mass is 270 g/mol. The lowest BCUT2D eigenvalue weighted by molar-refractivity contribution is 0.252. The van der Waals surface area contributed by atoms with E-state index in [-0.39, 0.29) is 0 Å². The van der Waals surface area contributed by atoms with Crippen LogP contribution >= 0.6 is 0 Å². The maximum Gasteiger partial charge on any atom is 0.364 e. The molecule has 0 aliphatic heterocycles. The molecule has 0 radical (unpaired) electrons. The highest BCUT2D eigenvalue weighted by Gasteiger charge is 2.03. The fraction of sp³-hybridized carbons (Fsp3) is 0. The van der Waals surface area contributed by atoms with Crippen LogP contribution in [0, 0.1) is 0 Å². The molecule has 0 aliphatic rings. The molecule has 0 unspecified atom stereocenters. The number of aromatic nitrogens is 2. The van der Waals surface area contributed by atoms with Crippen molar-refractivity contribution in [3.05, 3.63) is 49.1 Å². The van der Waals surface area contributed by atoms with Crippen LogP contribution in [-0.4, -0.2) is 22.0 Å². The van der Waals surface area contributed by atoms with E-state index in [0.29, 0.717) is 11.4 Å². The van der Waals surface area contributed by atoms with Gasteiger partial charge in [-0.15, -0.1) is 0 Å². The van der Waals surface area contributed by atoms with Gasteiger partial charge in [0.05, 0.1) is 23.8 Å². The van der Waals surface area contributed by atoms with E-state index >= 15 is 0 Å². The molecule has 0 aromatic carbocycles. The fourth-order valence-electron chi connectivity index (χ4n) is 1.26. The number of rotatable bonds is 2. The predicted octanol–water partition coefficient (Wildman–Crippen LogP) is 2.69. The van der Waals surface area contributed by atoms with Crippen LogP contribution < -0.4 is 10.6 Å². The second kappa shape index (κ2) is 6.69. The number of nitrogens with zero attached hydrogens (tertiary/aromatic N) is 4. The Morgan fingerprint density at radius 2 is 1.30 bits per heavy atom. The summed E-state index contributed by atoms with van der Waals surface area (Å²) in [5, 5.41) is 11.3. The van der Waals surface area contributed by atoms with Crippen LogP contribution in [0.3, 0.4) is 0 Å². The average molecular weight is 270 g/mol. The molecule has 20 heavy (non-hydrogen) atoms. The largest absolute Gasteiger partial charge is 0.364 e. The van der Waals surface area contributed by atoms with Gasteiger partial charge in [-0.3, -0.25) is 9.97 Å². The van der Waals surface area contributed by atoms with Gasteiger partial charge >= 0.3 is 12.1 Å². The van der Waals surface area contributed by atoms with E-state index in [1.165, 1.54) is 12.4 Å². The summed E-state index contributed by atoms with van der Waals surface area (Å²) in [5.74, 6) is 0. The Bertz CT molecular complexity index is 559. The molecule has 4 amide bonds. The molecule has 0 spiro atoms. The minimum Gasteiger partial charge on any atom is -0.303 e. The van der Waals surface area contributed by atoms with Gasteiger partial charge in [-0.25, -0.2) is 9.59 Å². The summed E-state index contributed by atoms with van der Waals surface area (Å²) in [7, 11) is 0. The van der Waals surface area contributed by atoms with Crippen molar-refractivity contribution < 1.29 is 9.59 Å². The first-order chi connectivity index (χ1) is 9.74. The number of carbonyl (C=O) groups is 2. The van der Waals surface area contributed by atoms with Gasteiger partial charge in [0.1, 0.15) is 0 Å². The molecule has 2 heterocycles. The summed E-state index contributed by atoms with van der Waals surface area (Å²) in [4.78, 5) is 30.4. The summed E-state index contributed by atoms with van der Waals surface area (Å²) in [6.45, 7) is 0. The lowest BCUT2D eigenvalue weighted by Gasteiger charge is -1.99. The second-order valence-electron chi connectivity index (χ2n) is 3.54. The molecular weight excluding hydrogens is 260 g/mol. The predicted molar refractivity (Wildman–Crippen MR) is 71.4 cm³/mol. The van der Waals surface area contributed by atoms with Gasteiger partial charge in [0.2, 0.25) is 0 Å². The standard InChI is InChI=1S/C12H10N6O2/c19-11(15-9-3-1-5-13-7-9)17-18-12(20)16-10-4-2-6-14-8-10/h1-8H,(H,15,19)(H,16,20). The highest BCUT2D eigenvalue weighted by Crippen LogP contribution is 2.04. The van der Waals surface area contributed by atoms with E-state index in [9.17, 15) is 9.59 Å². The Hall–Kier alpha value is -3.16. The van der Waals surface area contributed by atoms with Gasteiger partial charge < -0.3 is 10.6 Å². The Morgan fingerprint density at radius 1 is 0.850 bits per heavy atom. The van der Waals surface area contributed by atoms with E-state index in [1.54, 1.807) is 36.7 Å². The number of amides is 4. The van der Waals surface area contributed by atoms with Crippen molar-refractivity contribution >= 4 is 23.4 Å². The zero-order chi connectivity index (χ0) is 14.2. The van der Waals surface area contributed by atoms with Gasteiger partial charge in [0, 0.05) is 12.4 Å². The van der Waals surface area contributed by atoms with Crippen molar-refractivity contribution in [3.63, 3.8) is 0 Å². The number of carbonyl (C=O) groups excluding carboxylic acids is 2. The molecule has 100 valence electrons. The number of hydrogen-bond acceptors (Lipinski definition) is 4. The van der Waals surface area contributed by atoms with Gasteiger partial charge in [0.15, 0.2) is 0 Å². The van der Waals surface area contributed by atoms with Crippen molar-refractivity contribution in [1.29, 1.82) is 0 Å². The lowest BCUT2D eigenvalue weighted by atomic mass is 10.4. The lowest BCUT2D eigenvalue weighted by Crippen LogP contribution is -2.09. The number of nitrogens with one attached hydrogen (secondary N) is 2. The highest BCUT2D eigenvalue weighted by molar-refractivity contribution is 5.93. The van der Waals surface area contributed by atoms with Gasteiger partial charge in [0.25, 0.3) is 0 Å². The number of hydrogen-bond donors (Lipinski definition) is 2. The van der Waals surface area contributed by atoms with Gasteiger partial charge in [-0.1, -0.05) is 10.2 Å². The number of pyridine rings is 2. The summed E-state index contributed by atoms with van der Waals surface area (Å²) in [5.41, 5.74) is 0.924. The van der Waals surface area contributed by atoms with E-state index in [2.05, 4.69) is 30.8 Å². The Morgan fingerprint density at radius 3 is 1.65 bits per heavy atom. The van der Waals surface area contributed by atoms with Crippen molar-refractivity contribution in [1.82, 2.24) is 9.97 Å². The topological polar surface area (TPSA) is 109 Å². The highest BCUT2D eigenvalue weighted by atomic mass is 16.2. The maximum atomic E-state index is 11.4. The second-order valence-corrected chi connectivity index (χ2v) is 3.54. The zero-order valence-corrected chi connectivity index (χ0v) is 10.2.